The quantitative estimate of drug-likeness (QED) is 0.413. The van der Waals surface area contributed by atoms with Crippen LogP contribution >= 0.6 is 0 Å². The van der Waals surface area contributed by atoms with Crippen LogP contribution < -0.4 is 5.73 Å². The van der Waals surface area contributed by atoms with Gasteiger partial charge in [-0.25, -0.2) is 14.8 Å². The molecule has 4 atom stereocenters. The molecule has 126 valence electrons. The van der Waals surface area contributed by atoms with E-state index in [9.17, 15) is 25.2 Å². The summed E-state index contributed by atoms with van der Waals surface area (Å²) in [5, 5.41) is 39.4. The Morgan fingerprint density at radius 2 is 2.25 bits per heavy atom. The minimum absolute atomic E-state index is 0.0508. The third-order valence-electron chi connectivity index (χ3n) is 4.02. The molecule has 2 aromatic rings. The summed E-state index contributed by atoms with van der Waals surface area (Å²) in [6.45, 7) is -0.593. The van der Waals surface area contributed by atoms with Crippen LogP contribution in [0, 0.1) is 12.3 Å². The number of aromatic carboxylic acids is 1. The molecule has 0 saturated carbocycles. The summed E-state index contributed by atoms with van der Waals surface area (Å²) >= 11 is 0. The molecule has 1 aliphatic heterocycles. The van der Waals surface area contributed by atoms with Gasteiger partial charge in [-0.15, -0.1) is 6.42 Å². The standard InChI is InChI=1S/C14H14N4O6/c1-2-14(23)9(20)7(4-19)24-13(14)18-3-6(12(21)22)8-10(15)16-5-17-11(8)18/h1,3,5,7,9,13,19-20,23H,4H2,(H,21,22)(H2,15,16,17)/t7-,9-,13-,14-/m1/s1. The molecule has 10 nitrogen and oxygen atoms in total. The number of hydrogen-bond donors (Lipinski definition) is 5. The summed E-state index contributed by atoms with van der Waals surface area (Å²) in [5.74, 6) is 0.686. The molecule has 2 aromatic heterocycles. The highest BCUT2D eigenvalue weighted by atomic mass is 16.6. The van der Waals surface area contributed by atoms with E-state index in [-0.39, 0.29) is 22.4 Å². The highest BCUT2D eigenvalue weighted by Gasteiger charge is 2.55. The Balaban J connectivity index is 2.25. The molecular weight excluding hydrogens is 320 g/mol. The Labute approximate surface area is 135 Å². The number of fused-ring (bicyclic) bond motifs is 1. The average molecular weight is 334 g/mol. The third kappa shape index (κ3) is 2.04. The number of carbonyl (C=O) groups is 1. The topological polar surface area (TPSA) is 164 Å². The molecule has 0 amide bonds. The molecule has 1 fully saturated rings. The van der Waals surface area contributed by atoms with Gasteiger partial charge in [0.25, 0.3) is 0 Å². The SMILES string of the molecule is C#C[C@@]1(O)[C@H](O)[C@@H](CO)O[C@H]1n1cc(C(=O)O)c2c(N)ncnc21. The van der Waals surface area contributed by atoms with E-state index in [0.29, 0.717) is 0 Å². The number of aliphatic hydroxyl groups excluding tert-OH is 2. The van der Waals surface area contributed by atoms with Crippen molar-refractivity contribution in [3.63, 3.8) is 0 Å². The zero-order valence-corrected chi connectivity index (χ0v) is 12.2. The number of carboxylic acids is 1. The van der Waals surface area contributed by atoms with Gasteiger partial charge in [-0.1, -0.05) is 5.92 Å². The van der Waals surface area contributed by atoms with Gasteiger partial charge in [0.2, 0.25) is 0 Å². The normalized spacial score (nSPS) is 29.7. The molecule has 0 aromatic carbocycles. The molecule has 1 aliphatic rings. The number of aliphatic hydroxyl groups is 3. The summed E-state index contributed by atoms with van der Waals surface area (Å²) in [5.41, 5.74) is 3.37. The van der Waals surface area contributed by atoms with E-state index in [2.05, 4.69) is 9.97 Å². The lowest BCUT2D eigenvalue weighted by atomic mass is 9.95. The summed E-state index contributed by atoms with van der Waals surface area (Å²) in [7, 11) is 0. The number of nitrogens with zero attached hydrogens (tertiary/aromatic N) is 3. The molecule has 0 unspecified atom stereocenters. The van der Waals surface area contributed by atoms with Crippen LogP contribution in [0.3, 0.4) is 0 Å². The number of ether oxygens (including phenoxy) is 1. The first-order valence-electron chi connectivity index (χ1n) is 6.84. The van der Waals surface area contributed by atoms with Crippen molar-refractivity contribution >= 4 is 22.8 Å². The van der Waals surface area contributed by atoms with Crippen molar-refractivity contribution in [1.29, 1.82) is 0 Å². The maximum absolute atomic E-state index is 11.5. The molecule has 0 spiro atoms. The number of rotatable bonds is 3. The van der Waals surface area contributed by atoms with Crippen LogP contribution in [0.15, 0.2) is 12.5 Å². The van der Waals surface area contributed by atoms with Gasteiger partial charge in [0.05, 0.1) is 17.6 Å². The van der Waals surface area contributed by atoms with Gasteiger partial charge in [-0.2, -0.15) is 0 Å². The van der Waals surface area contributed by atoms with Crippen molar-refractivity contribution in [2.45, 2.75) is 24.0 Å². The Kier molecular flexibility index (Phi) is 3.66. The van der Waals surface area contributed by atoms with Crippen molar-refractivity contribution in [1.82, 2.24) is 14.5 Å². The van der Waals surface area contributed by atoms with Gasteiger partial charge in [0.1, 0.15) is 30.0 Å². The molecule has 0 aliphatic carbocycles. The molecule has 24 heavy (non-hydrogen) atoms. The zero-order valence-electron chi connectivity index (χ0n) is 12.2. The Bertz CT molecular complexity index is 859. The van der Waals surface area contributed by atoms with Crippen molar-refractivity contribution in [2.75, 3.05) is 12.3 Å². The lowest BCUT2D eigenvalue weighted by Gasteiger charge is -2.26. The Morgan fingerprint density at radius 1 is 1.54 bits per heavy atom. The molecule has 3 rings (SSSR count). The summed E-state index contributed by atoms with van der Waals surface area (Å²) < 4.78 is 6.60. The fourth-order valence-corrected chi connectivity index (χ4v) is 2.80. The van der Waals surface area contributed by atoms with E-state index >= 15 is 0 Å². The molecule has 0 radical (unpaired) electrons. The highest BCUT2D eigenvalue weighted by molar-refractivity contribution is 6.06. The van der Waals surface area contributed by atoms with Gasteiger partial charge in [-0.3, -0.25) is 0 Å². The number of nitrogens with two attached hydrogens (primary N) is 1. The third-order valence-corrected chi connectivity index (χ3v) is 4.02. The van der Waals surface area contributed by atoms with Gasteiger partial charge in [0.15, 0.2) is 11.8 Å². The van der Waals surface area contributed by atoms with Crippen molar-refractivity contribution in [3.05, 3.63) is 18.1 Å². The van der Waals surface area contributed by atoms with Crippen LogP contribution in [0.2, 0.25) is 0 Å². The summed E-state index contributed by atoms with van der Waals surface area (Å²) in [6.07, 6.45) is 3.48. The minimum atomic E-state index is -2.20. The largest absolute Gasteiger partial charge is 0.478 e. The van der Waals surface area contributed by atoms with Gasteiger partial charge >= 0.3 is 5.97 Å². The average Bonchev–Trinajstić information content (AvgIpc) is 3.06. The van der Waals surface area contributed by atoms with E-state index in [0.717, 1.165) is 17.1 Å². The molecule has 1 saturated heterocycles. The van der Waals surface area contributed by atoms with Crippen LogP contribution in [0.1, 0.15) is 16.6 Å². The van der Waals surface area contributed by atoms with Gasteiger partial charge in [-0.05, 0) is 0 Å². The number of nitrogen functional groups attached to an aromatic ring is 1. The number of anilines is 1. The van der Waals surface area contributed by atoms with E-state index in [1.807, 2.05) is 5.92 Å². The minimum Gasteiger partial charge on any atom is -0.478 e. The first kappa shape index (κ1) is 16.2. The van der Waals surface area contributed by atoms with E-state index < -0.39 is 36.6 Å². The number of carboxylic acid groups (broad SMARTS) is 1. The number of terminal acetylenes is 1. The zero-order chi connectivity index (χ0) is 17.6. The van der Waals surface area contributed by atoms with Crippen molar-refractivity contribution in [3.8, 4) is 12.3 Å². The second-order valence-corrected chi connectivity index (χ2v) is 5.34. The first-order chi connectivity index (χ1) is 11.3. The molecular formula is C14H14N4O6. The predicted molar refractivity (Wildman–Crippen MR) is 79.7 cm³/mol. The molecule has 3 heterocycles. The Morgan fingerprint density at radius 3 is 2.83 bits per heavy atom. The van der Waals surface area contributed by atoms with Crippen LogP contribution in [-0.4, -0.2) is 65.3 Å². The lowest BCUT2D eigenvalue weighted by molar-refractivity contribution is -0.0718. The predicted octanol–water partition coefficient (Wildman–Crippen LogP) is -1.67. The molecule has 6 N–H and O–H groups in total. The second kappa shape index (κ2) is 5.43. The van der Waals surface area contributed by atoms with Crippen LogP contribution in [0.4, 0.5) is 5.82 Å². The maximum Gasteiger partial charge on any atom is 0.338 e. The fourth-order valence-electron chi connectivity index (χ4n) is 2.80. The number of aromatic nitrogens is 3. The monoisotopic (exact) mass is 334 g/mol. The Hall–Kier alpha value is -2.71. The van der Waals surface area contributed by atoms with Gasteiger partial charge in [0, 0.05) is 6.20 Å². The van der Waals surface area contributed by atoms with Crippen LogP contribution in [0.5, 0.6) is 0 Å². The second-order valence-electron chi connectivity index (χ2n) is 5.34. The van der Waals surface area contributed by atoms with Crippen LogP contribution in [0.25, 0.3) is 11.0 Å². The molecule has 0 bridgehead atoms. The van der Waals surface area contributed by atoms with Crippen molar-refractivity contribution in [2.24, 2.45) is 0 Å². The van der Waals surface area contributed by atoms with Crippen molar-refractivity contribution < 1.29 is 30.0 Å². The first-order valence-corrected chi connectivity index (χ1v) is 6.84. The molecule has 10 heteroatoms. The smallest absolute Gasteiger partial charge is 0.338 e. The summed E-state index contributed by atoms with van der Waals surface area (Å²) in [6, 6.07) is 0. The van der Waals surface area contributed by atoms with E-state index in [1.165, 1.54) is 0 Å². The summed E-state index contributed by atoms with van der Waals surface area (Å²) in [4.78, 5) is 19.2. The van der Waals surface area contributed by atoms with E-state index in [4.69, 9.17) is 16.9 Å². The fraction of sp³-hybridized carbons (Fsp3) is 0.357. The van der Waals surface area contributed by atoms with Crippen LogP contribution in [-0.2, 0) is 4.74 Å². The highest BCUT2D eigenvalue weighted by Crippen LogP contribution is 2.40. The maximum atomic E-state index is 11.5. The lowest BCUT2D eigenvalue weighted by Crippen LogP contribution is -2.45. The van der Waals surface area contributed by atoms with E-state index in [1.54, 1.807) is 0 Å². The van der Waals surface area contributed by atoms with Gasteiger partial charge < -0.3 is 35.5 Å². The number of hydrogen-bond acceptors (Lipinski definition) is 8.